The maximum atomic E-state index is 13.5. The van der Waals surface area contributed by atoms with Gasteiger partial charge in [0.15, 0.2) is 5.78 Å². The first-order chi connectivity index (χ1) is 50.1. The van der Waals surface area contributed by atoms with Gasteiger partial charge in [0, 0.05) is 84.1 Å². The predicted octanol–water partition coefficient (Wildman–Crippen LogP) is -0.0269. The van der Waals surface area contributed by atoms with Crippen LogP contribution >= 0.6 is 0 Å². The second kappa shape index (κ2) is 63.5. The fourth-order valence-electron chi connectivity index (χ4n) is 9.43. The van der Waals surface area contributed by atoms with E-state index in [0.29, 0.717) is 148 Å². The molecule has 0 aromatic rings. The summed E-state index contributed by atoms with van der Waals surface area (Å²) in [4.78, 5) is 135. The summed E-state index contributed by atoms with van der Waals surface area (Å²) in [5.41, 5.74) is 10.3. The Morgan fingerprint density at radius 3 is 1.16 bits per heavy atom. The number of amides is 7. The van der Waals surface area contributed by atoms with Gasteiger partial charge in [-0.3, -0.25) is 63.4 Å². The van der Waals surface area contributed by atoms with E-state index >= 15 is 0 Å². The smallest absolute Gasteiger partial charge is 0.246 e. The molecular weight excluding hydrogens is 1370 g/mol. The molecular formula is C70H129N13O22. The molecule has 0 saturated carbocycles. The highest BCUT2D eigenvalue weighted by Gasteiger charge is 2.28. The maximum Gasteiger partial charge on any atom is 0.246 e. The number of unbranched alkanes of at least 4 members (excludes halogenated alkanes) is 4. The number of hydrogen-bond donors (Lipinski definition) is 13. The van der Waals surface area contributed by atoms with Gasteiger partial charge in [-0.2, -0.15) is 0 Å². The second-order valence-electron chi connectivity index (χ2n) is 26.5. The number of ether oxygens (including phenoxy) is 9. The quantitative estimate of drug-likeness (QED) is 0.0165. The molecule has 0 heterocycles. The molecule has 0 fully saturated rings. The maximum absolute atomic E-state index is 13.5. The van der Waals surface area contributed by atoms with E-state index in [1.54, 1.807) is 13.8 Å². The van der Waals surface area contributed by atoms with Crippen molar-refractivity contribution in [1.29, 1.82) is 0 Å². The van der Waals surface area contributed by atoms with Crippen LogP contribution in [0.2, 0.25) is 0 Å². The number of rotatable bonds is 74. The molecule has 35 nitrogen and oxygen atoms in total. The van der Waals surface area contributed by atoms with E-state index in [-0.39, 0.29) is 190 Å². The van der Waals surface area contributed by atoms with Crippen molar-refractivity contribution >= 4 is 75.9 Å². The standard InChI is InChI=1S/C70H129N13O22/c1-52(84)44-77-60(66(71)92)22-10-14-26-74-64(90)50-103-40-36-100-35-39-102-48-59(87)20-12-16-29-97-31-33-99-34-32-98-30-18-28-75-65(91)51-105-42-38-101-37-41-104-49-63(89)73-25-13-9-19-56(68(94)76-27-15-11-23-61(67(72)93)78-45-53(2)85)43-58(86)21-17-24-62(88)81-57(46-79-69(5,6)54(3)82-95)47-80-70(7,8)55(4)83-96/h56-57,60-61,77-80,95-96H,9-51H2,1-8H3,(H2,71,92)(H2,72,93)(H,73,89)(H,74,90)(H,75,91)(H,76,94)(H,81,88)/b82-54+,83-55+/t56-,60+,61+/m1/s1. The number of oxime groups is 2. The van der Waals surface area contributed by atoms with Crippen molar-refractivity contribution < 1.29 is 106 Å². The van der Waals surface area contributed by atoms with E-state index in [4.69, 9.17) is 54.1 Å². The highest BCUT2D eigenvalue weighted by molar-refractivity contribution is 5.91. The highest BCUT2D eigenvalue weighted by atomic mass is 16.6. The fraction of sp³-hybridized carbons (Fsp3) is 0.814. The Morgan fingerprint density at radius 1 is 0.390 bits per heavy atom. The van der Waals surface area contributed by atoms with Gasteiger partial charge in [-0.05, 0) is 132 Å². The lowest BCUT2D eigenvalue weighted by Crippen LogP contribution is -2.57. The van der Waals surface area contributed by atoms with E-state index in [1.165, 1.54) is 13.8 Å². The Balaban J connectivity index is 4.28. The van der Waals surface area contributed by atoms with Gasteiger partial charge in [-0.15, -0.1) is 0 Å². The minimum absolute atomic E-state index is 0.00307. The van der Waals surface area contributed by atoms with Crippen molar-refractivity contribution in [3.63, 3.8) is 0 Å². The molecule has 15 N–H and O–H groups in total. The van der Waals surface area contributed by atoms with E-state index in [1.807, 2.05) is 27.7 Å². The molecule has 0 radical (unpaired) electrons. The van der Waals surface area contributed by atoms with Crippen LogP contribution in [0.15, 0.2) is 10.3 Å². The molecule has 0 aromatic carbocycles. The first kappa shape index (κ1) is 98.4. The van der Waals surface area contributed by atoms with Crippen molar-refractivity contribution in [2.45, 2.75) is 194 Å². The minimum atomic E-state index is -0.700. The average Bonchev–Trinajstić information content (AvgIpc) is 0.922. The zero-order valence-corrected chi connectivity index (χ0v) is 63.8. The topological polar surface area (TPSA) is 496 Å². The van der Waals surface area contributed by atoms with Crippen LogP contribution in [0.1, 0.15) is 165 Å². The molecule has 105 heavy (non-hydrogen) atoms. The van der Waals surface area contributed by atoms with Gasteiger partial charge in [-0.25, -0.2) is 0 Å². The summed E-state index contributed by atoms with van der Waals surface area (Å²) in [6.07, 6.45) is 7.14. The molecule has 35 heteroatoms. The van der Waals surface area contributed by atoms with Gasteiger partial charge < -0.3 is 102 Å². The van der Waals surface area contributed by atoms with Crippen molar-refractivity contribution in [2.24, 2.45) is 27.7 Å². The number of hydrogen-bond acceptors (Lipinski definition) is 28. The molecule has 0 unspecified atom stereocenters. The van der Waals surface area contributed by atoms with E-state index in [2.05, 4.69) is 58.2 Å². The molecule has 0 rings (SSSR count). The SMILES string of the molecule is CC(=O)CN[C@@H](CCCCNC(=O)COCCOCCOCC(=O)CCCCOCCOCCOCCCNC(=O)COCCOCCOCC(=O)NCCCC[C@H](CC(=O)CCCC(=O)NC(CNC(C)(C)/C(C)=N/O)CNC(C)(C)/C(C)=N/O)C(=O)NCCCC[C@H](NCC(C)=O)C(N)=O)C(N)=O. The first-order valence-corrected chi connectivity index (χ1v) is 36.7. The Bertz CT molecular complexity index is 2500. The van der Waals surface area contributed by atoms with Gasteiger partial charge >= 0.3 is 0 Å². The van der Waals surface area contributed by atoms with E-state index in [0.717, 1.165) is 6.42 Å². The molecule has 606 valence electrons. The number of ketones is 4. The molecule has 0 saturated heterocycles. The van der Waals surface area contributed by atoms with Crippen LogP contribution in [0, 0.1) is 5.92 Å². The lowest BCUT2D eigenvalue weighted by atomic mass is 9.93. The zero-order chi connectivity index (χ0) is 78.4. The first-order valence-electron chi connectivity index (χ1n) is 36.7. The number of nitrogens with one attached hydrogen (secondary N) is 9. The average molecular weight is 1500 g/mol. The highest BCUT2D eigenvalue weighted by Crippen LogP contribution is 2.17. The zero-order valence-electron chi connectivity index (χ0n) is 63.8. The second-order valence-corrected chi connectivity index (χ2v) is 26.5. The summed E-state index contributed by atoms with van der Waals surface area (Å²) in [6, 6.07) is -1.74. The number of carbonyl (C=O) groups is 11. The Hall–Kier alpha value is -6.61. The third kappa shape index (κ3) is 58.2. The molecule has 0 bridgehead atoms. The van der Waals surface area contributed by atoms with Crippen LogP contribution in [0.4, 0.5) is 0 Å². The third-order valence-corrected chi connectivity index (χ3v) is 16.4. The van der Waals surface area contributed by atoms with Gasteiger partial charge in [-0.1, -0.05) is 16.7 Å². The molecule has 0 spiro atoms. The third-order valence-electron chi connectivity index (χ3n) is 16.4. The number of Topliss-reactive ketones (excluding diaryl/α,β-unsaturated/α-hetero) is 4. The lowest BCUT2D eigenvalue weighted by Gasteiger charge is -2.32. The van der Waals surface area contributed by atoms with Crippen molar-refractivity contribution in [1.82, 2.24) is 47.9 Å². The lowest BCUT2D eigenvalue weighted by molar-refractivity contribution is -0.130. The van der Waals surface area contributed by atoms with Gasteiger partial charge in [0.2, 0.25) is 41.4 Å². The fourth-order valence-corrected chi connectivity index (χ4v) is 9.43. The number of nitrogens with two attached hydrogens (primary N) is 2. The number of carbonyl (C=O) groups excluding carboxylic acids is 11. The van der Waals surface area contributed by atoms with Crippen molar-refractivity contribution in [3.8, 4) is 0 Å². The Labute approximate surface area is 620 Å². The number of primary amides is 2. The summed E-state index contributed by atoms with van der Waals surface area (Å²) in [6.45, 7) is 19.3. The molecule has 7 amide bonds. The van der Waals surface area contributed by atoms with Crippen LogP contribution in [-0.4, -0.2) is 287 Å². The van der Waals surface area contributed by atoms with Crippen LogP contribution in [0.3, 0.4) is 0 Å². The molecule has 0 aliphatic carbocycles. The van der Waals surface area contributed by atoms with Gasteiger partial charge in [0.1, 0.15) is 43.8 Å². The van der Waals surface area contributed by atoms with Crippen molar-refractivity contribution in [2.75, 3.05) is 171 Å². The number of nitrogens with zero attached hydrogens (tertiary/aromatic N) is 2. The molecule has 0 aliphatic rings. The van der Waals surface area contributed by atoms with Crippen LogP contribution in [0.25, 0.3) is 0 Å². The molecule has 0 aliphatic heterocycles. The van der Waals surface area contributed by atoms with E-state index in [9.17, 15) is 63.2 Å². The summed E-state index contributed by atoms with van der Waals surface area (Å²) >= 11 is 0. The van der Waals surface area contributed by atoms with E-state index < -0.39 is 46.9 Å². The van der Waals surface area contributed by atoms with Crippen LogP contribution in [-0.2, 0) is 95.4 Å². The van der Waals surface area contributed by atoms with Gasteiger partial charge in [0.25, 0.3) is 0 Å². The Kier molecular flexibility index (Phi) is 59.5. The summed E-state index contributed by atoms with van der Waals surface area (Å²) < 4.78 is 49.1. The van der Waals surface area contributed by atoms with Crippen molar-refractivity contribution in [3.05, 3.63) is 0 Å². The monoisotopic (exact) mass is 1500 g/mol. The molecule has 0 aromatic heterocycles. The minimum Gasteiger partial charge on any atom is -0.411 e. The largest absolute Gasteiger partial charge is 0.411 e. The normalized spacial score (nSPS) is 12.9. The van der Waals surface area contributed by atoms with Crippen LogP contribution in [0.5, 0.6) is 0 Å². The Morgan fingerprint density at radius 2 is 0.752 bits per heavy atom. The van der Waals surface area contributed by atoms with Crippen LogP contribution < -0.4 is 59.3 Å². The van der Waals surface area contributed by atoms with Gasteiger partial charge in [0.05, 0.1) is 133 Å². The predicted molar refractivity (Wildman–Crippen MR) is 391 cm³/mol. The summed E-state index contributed by atoms with van der Waals surface area (Å²) in [5, 5.41) is 51.8. The summed E-state index contributed by atoms with van der Waals surface area (Å²) in [5.74, 6) is -3.73. The summed E-state index contributed by atoms with van der Waals surface area (Å²) in [7, 11) is 0. The molecule has 3 atom stereocenters.